The molecule has 0 aromatic carbocycles. The second-order valence-corrected chi connectivity index (χ2v) is 6.03. The monoisotopic (exact) mass is 319 g/mol. The molecule has 2 fully saturated rings. The largest absolute Gasteiger partial charge is 0.368 e. The van der Waals surface area contributed by atoms with Gasteiger partial charge in [0.25, 0.3) is 0 Å². The molecule has 0 radical (unpaired) electrons. The maximum atomic E-state index is 11.7. The fourth-order valence-corrected chi connectivity index (χ4v) is 3.11. The van der Waals surface area contributed by atoms with Gasteiger partial charge >= 0.3 is 0 Å². The number of nitrogens with zero attached hydrogens (tertiary/aromatic N) is 1. The van der Waals surface area contributed by atoms with Gasteiger partial charge in [-0.15, -0.1) is 12.4 Å². The van der Waals surface area contributed by atoms with Crippen LogP contribution in [0.25, 0.3) is 0 Å². The Labute approximate surface area is 134 Å². The lowest BCUT2D eigenvalue weighted by atomic mass is 10.1. The number of amides is 1. The van der Waals surface area contributed by atoms with Crippen molar-refractivity contribution < 1.29 is 9.53 Å². The highest BCUT2D eigenvalue weighted by Crippen LogP contribution is 2.21. The van der Waals surface area contributed by atoms with Crippen molar-refractivity contribution in [1.82, 2.24) is 15.5 Å². The summed E-state index contributed by atoms with van der Waals surface area (Å²) in [5, 5.41) is 6.25. The third-order valence-corrected chi connectivity index (χ3v) is 4.47. The molecule has 21 heavy (non-hydrogen) atoms. The van der Waals surface area contributed by atoms with Crippen LogP contribution in [0, 0.1) is 0 Å². The maximum absolute atomic E-state index is 11.7. The van der Waals surface area contributed by atoms with Crippen LogP contribution in [0.4, 0.5) is 0 Å². The minimum atomic E-state index is 0. The lowest BCUT2D eigenvalue weighted by Gasteiger charge is -2.24. The standard InChI is InChI=1S/C15H29N3O2.ClH/c1-18(13-4-2-3-5-13)11-10-17-15(19)12-20-14-6-8-16-9-7-14;/h13-14,16H,2-12H2,1H3,(H,17,19);1H. The first-order valence-electron chi connectivity index (χ1n) is 8.05. The van der Waals surface area contributed by atoms with Crippen LogP contribution in [-0.2, 0) is 9.53 Å². The molecule has 0 spiro atoms. The van der Waals surface area contributed by atoms with Crippen molar-refractivity contribution in [3.8, 4) is 0 Å². The SMILES string of the molecule is CN(CCNC(=O)COC1CCNCC1)C1CCCC1.Cl. The maximum Gasteiger partial charge on any atom is 0.246 e. The first kappa shape index (κ1) is 18.7. The molecule has 1 heterocycles. The summed E-state index contributed by atoms with van der Waals surface area (Å²) in [6.45, 7) is 3.86. The fourth-order valence-electron chi connectivity index (χ4n) is 3.11. The highest BCUT2D eigenvalue weighted by Gasteiger charge is 2.19. The van der Waals surface area contributed by atoms with Crippen molar-refractivity contribution >= 4 is 18.3 Å². The Kier molecular flexibility index (Phi) is 9.24. The predicted molar refractivity (Wildman–Crippen MR) is 87.0 cm³/mol. The molecule has 1 saturated carbocycles. The van der Waals surface area contributed by atoms with E-state index in [9.17, 15) is 4.79 Å². The molecule has 0 unspecified atom stereocenters. The molecule has 6 heteroatoms. The van der Waals surface area contributed by atoms with Gasteiger partial charge in [0.1, 0.15) is 6.61 Å². The average Bonchev–Trinajstić information content (AvgIpc) is 3.00. The summed E-state index contributed by atoms with van der Waals surface area (Å²) in [5.74, 6) is 0.0170. The Bertz CT molecular complexity index is 293. The van der Waals surface area contributed by atoms with E-state index in [1.54, 1.807) is 0 Å². The van der Waals surface area contributed by atoms with Crippen LogP contribution < -0.4 is 10.6 Å². The zero-order valence-electron chi connectivity index (χ0n) is 13.1. The van der Waals surface area contributed by atoms with Gasteiger partial charge in [-0.05, 0) is 45.8 Å². The molecule has 0 bridgehead atoms. The van der Waals surface area contributed by atoms with Crippen molar-refractivity contribution in [2.24, 2.45) is 0 Å². The van der Waals surface area contributed by atoms with Crippen molar-refractivity contribution in [1.29, 1.82) is 0 Å². The van der Waals surface area contributed by atoms with Gasteiger partial charge in [-0.3, -0.25) is 4.79 Å². The molecule has 124 valence electrons. The first-order valence-corrected chi connectivity index (χ1v) is 8.05. The van der Waals surface area contributed by atoms with Crippen LogP contribution in [-0.4, -0.2) is 62.8 Å². The molecule has 0 aromatic rings. The van der Waals surface area contributed by atoms with Gasteiger partial charge in [-0.2, -0.15) is 0 Å². The third-order valence-electron chi connectivity index (χ3n) is 4.47. The number of carbonyl (C=O) groups excluding carboxylic acids is 1. The van der Waals surface area contributed by atoms with E-state index in [2.05, 4.69) is 22.6 Å². The van der Waals surface area contributed by atoms with Crippen LogP contribution in [0.3, 0.4) is 0 Å². The number of nitrogens with one attached hydrogen (secondary N) is 2. The quantitative estimate of drug-likeness (QED) is 0.739. The number of hydrogen-bond acceptors (Lipinski definition) is 4. The Morgan fingerprint density at radius 3 is 2.57 bits per heavy atom. The lowest BCUT2D eigenvalue weighted by molar-refractivity contribution is -0.128. The van der Waals surface area contributed by atoms with E-state index in [0.29, 0.717) is 0 Å². The average molecular weight is 320 g/mol. The highest BCUT2D eigenvalue weighted by molar-refractivity contribution is 5.85. The molecule has 1 amide bonds. The van der Waals surface area contributed by atoms with Gasteiger partial charge in [0.05, 0.1) is 6.10 Å². The van der Waals surface area contributed by atoms with E-state index in [1.165, 1.54) is 25.7 Å². The van der Waals surface area contributed by atoms with Gasteiger partial charge in [0, 0.05) is 19.1 Å². The molecule has 0 atom stereocenters. The number of rotatable bonds is 7. The van der Waals surface area contributed by atoms with Crippen LogP contribution in [0.2, 0.25) is 0 Å². The fraction of sp³-hybridized carbons (Fsp3) is 0.933. The minimum absolute atomic E-state index is 0. The summed E-state index contributed by atoms with van der Waals surface area (Å²) >= 11 is 0. The molecular formula is C15H30ClN3O2. The summed E-state index contributed by atoms with van der Waals surface area (Å²) in [7, 11) is 2.16. The van der Waals surface area contributed by atoms with Crippen LogP contribution in [0.1, 0.15) is 38.5 Å². The van der Waals surface area contributed by atoms with Crippen LogP contribution in [0.15, 0.2) is 0 Å². The van der Waals surface area contributed by atoms with Crippen molar-refractivity contribution in [3.63, 3.8) is 0 Å². The molecule has 1 aliphatic heterocycles. The zero-order chi connectivity index (χ0) is 14.2. The molecule has 2 aliphatic rings. The number of halogens is 1. The number of piperidine rings is 1. The third kappa shape index (κ3) is 6.96. The number of hydrogen-bond donors (Lipinski definition) is 2. The summed E-state index contributed by atoms with van der Waals surface area (Å²) in [6.07, 6.45) is 7.60. The van der Waals surface area contributed by atoms with Crippen LogP contribution in [0.5, 0.6) is 0 Å². The van der Waals surface area contributed by atoms with Crippen molar-refractivity contribution in [2.75, 3.05) is 39.8 Å². The summed E-state index contributed by atoms with van der Waals surface area (Å²) < 4.78 is 5.64. The minimum Gasteiger partial charge on any atom is -0.368 e. The van der Waals surface area contributed by atoms with Gasteiger partial charge in [-0.25, -0.2) is 0 Å². The smallest absolute Gasteiger partial charge is 0.246 e. The lowest BCUT2D eigenvalue weighted by Crippen LogP contribution is -2.39. The van der Waals surface area contributed by atoms with E-state index in [1.807, 2.05) is 0 Å². The van der Waals surface area contributed by atoms with E-state index < -0.39 is 0 Å². The Balaban J connectivity index is 0.00000220. The molecular weight excluding hydrogens is 290 g/mol. The van der Waals surface area contributed by atoms with Gasteiger partial charge in [0.15, 0.2) is 0 Å². The highest BCUT2D eigenvalue weighted by atomic mass is 35.5. The van der Waals surface area contributed by atoms with Gasteiger partial charge < -0.3 is 20.3 Å². The molecule has 2 rings (SSSR count). The molecule has 0 aromatic heterocycles. The summed E-state index contributed by atoms with van der Waals surface area (Å²) in [5.41, 5.74) is 0. The summed E-state index contributed by atoms with van der Waals surface area (Å²) in [6, 6.07) is 0.720. The Morgan fingerprint density at radius 2 is 1.90 bits per heavy atom. The normalized spacial score (nSPS) is 20.5. The number of carbonyl (C=O) groups is 1. The molecule has 2 N–H and O–H groups in total. The number of likely N-dealkylation sites (N-methyl/N-ethyl adjacent to an activating group) is 1. The van der Waals surface area contributed by atoms with Crippen LogP contribution >= 0.6 is 12.4 Å². The van der Waals surface area contributed by atoms with Crippen molar-refractivity contribution in [3.05, 3.63) is 0 Å². The predicted octanol–water partition coefficient (Wildman–Crippen LogP) is 1.17. The molecule has 5 nitrogen and oxygen atoms in total. The van der Waals surface area contributed by atoms with E-state index in [4.69, 9.17) is 4.74 Å². The summed E-state index contributed by atoms with van der Waals surface area (Å²) in [4.78, 5) is 14.1. The van der Waals surface area contributed by atoms with Gasteiger partial charge in [-0.1, -0.05) is 12.8 Å². The van der Waals surface area contributed by atoms with E-state index in [-0.39, 0.29) is 31.0 Å². The van der Waals surface area contributed by atoms with Crippen molar-refractivity contribution in [2.45, 2.75) is 50.7 Å². The van der Waals surface area contributed by atoms with E-state index in [0.717, 1.165) is 45.1 Å². The number of ether oxygens (including phenoxy) is 1. The topological polar surface area (TPSA) is 53.6 Å². The molecule has 1 saturated heterocycles. The zero-order valence-corrected chi connectivity index (χ0v) is 13.9. The Morgan fingerprint density at radius 1 is 1.24 bits per heavy atom. The Hall–Kier alpha value is -0.360. The first-order chi connectivity index (χ1) is 9.75. The van der Waals surface area contributed by atoms with Gasteiger partial charge in [0.2, 0.25) is 5.91 Å². The molecule has 1 aliphatic carbocycles. The second-order valence-electron chi connectivity index (χ2n) is 6.03. The van der Waals surface area contributed by atoms with E-state index >= 15 is 0 Å². The second kappa shape index (κ2) is 10.4.